The highest BCUT2D eigenvalue weighted by molar-refractivity contribution is 7.98. The lowest BCUT2D eigenvalue weighted by Crippen LogP contribution is -2.15. The van der Waals surface area contributed by atoms with Crippen molar-refractivity contribution < 1.29 is 4.42 Å². The maximum absolute atomic E-state index is 12.4. The average molecular weight is 450 g/mol. The second kappa shape index (κ2) is 8.41. The van der Waals surface area contributed by atoms with Gasteiger partial charge in [0, 0.05) is 23.4 Å². The summed E-state index contributed by atoms with van der Waals surface area (Å²) >= 11 is 7.40. The van der Waals surface area contributed by atoms with Crippen LogP contribution in [-0.2, 0) is 12.3 Å². The van der Waals surface area contributed by atoms with Gasteiger partial charge < -0.3 is 9.73 Å². The Hall–Kier alpha value is -3.36. The van der Waals surface area contributed by atoms with Crippen molar-refractivity contribution in [2.75, 3.05) is 5.32 Å². The summed E-state index contributed by atoms with van der Waals surface area (Å²) in [5, 5.41) is 5.34. The largest absolute Gasteiger partial charge is 0.467 e. The first-order valence-corrected chi connectivity index (χ1v) is 10.9. The lowest BCUT2D eigenvalue weighted by molar-refractivity contribution is 0.518. The number of anilines is 1. The first kappa shape index (κ1) is 19.6. The van der Waals surface area contributed by atoms with Crippen molar-refractivity contribution in [1.29, 1.82) is 0 Å². The van der Waals surface area contributed by atoms with Gasteiger partial charge in [-0.25, -0.2) is 15.0 Å². The Kier molecular flexibility index (Phi) is 5.31. The van der Waals surface area contributed by atoms with E-state index in [1.807, 2.05) is 36.4 Å². The monoisotopic (exact) mass is 449 g/mol. The van der Waals surface area contributed by atoms with Crippen molar-refractivity contribution in [2.24, 2.45) is 0 Å². The maximum Gasteiger partial charge on any atom is 0.258 e. The number of nitrogens with zero attached hydrogens (tertiary/aromatic N) is 4. The summed E-state index contributed by atoms with van der Waals surface area (Å²) in [4.78, 5) is 26.3. The summed E-state index contributed by atoms with van der Waals surface area (Å²) in [6.45, 7) is 0.518. The first-order chi connectivity index (χ1) is 15.2. The van der Waals surface area contributed by atoms with Gasteiger partial charge in [0.15, 0.2) is 5.16 Å². The van der Waals surface area contributed by atoms with E-state index < -0.39 is 0 Å². The summed E-state index contributed by atoms with van der Waals surface area (Å²) in [5.74, 6) is 2.01. The van der Waals surface area contributed by atoms with Crippen LogP contribution in [0.2, 0.25) is 5.02 Å². The molecule has 7 nitrogen and oxygen atoms in total. The molecule has 4 heterocycles. The number of furan rings is 1. The van der Waals surface area contributed by atoms with Gasteiger partial charge in [-0.2, -0.15) is 0 Å². The lowest BCUT2D eigenvalue weighted by atomic mass is 10.2. The molecule has 4 aromatic heterocycles. The number of aromatic nitrogens is 4. The molecule has 0 saturated heterocycles. The van der Waals surface area contributed by atoms with Gasteiger partial charge in [-0.3, -0.25) is 9.20 Å². The predicted octanol–water partition coefficient (Wildman–Crippen LogP) is 4.79. The predicted molar refractivity (Wildman–Crippen MR) is 122 cm³/mol. The summed E-state index contributed by atoms with van der Waals surface area (Å²) < 4.78 is 6.83. The Balaban J connectivity index is 1.42. The summed E-state index contributed by atoms with van der Waals surface area (Å²) in [7, 11) is 0. The Morgan fingerprint density at radius 3 is 2.84 bits per heavy atom. The van der Waals surface area contributed by atoms with Gasteiger partial charge in [0.25, 0.3) is 5.56 Å². The maximum atomic E-state index is 12.4. The van der Waals surface area contributed by atoms with Crippen LogP contribution >= 0.6 is 23.4 Å². The van der Waals surface area contributed by atoms with Gasteiger partial charge in [-0.05, 0) is 36.4 Å². The van der Waals surface area contributed by atoms with Gasteiger partial charge >= 0.3 is 0 Å². The van der Waals surface area contributed by atoms with E-state index in [0.717, 1.165) is 22.5 Å². The quantitative estimate of drug-likeness (QED) is 0.294. The van der Waals surface area contributed by atoms with E-state index in [-0.39, 0.29) is 5.56 Å². The molecule has 0 amide bonds. The minimum absolute atomic E-state index is 0.177. The number of para-hydroxylation sites is 1. The molecule has 31 heavy (non-hydrogen) atoms. The third-order valence-corrected chi connectivity index (χ3v) is 5.72. The zero-order valence-electron chi connectivity index (χ0n) is 16.2. The second-order valence-corrected chi connectivity index (χ2v) is 8.13. The van der Waals surface area contributed by atoms with Crippen molar-refractivity contribution >= 4 is 45.7 Å². The van der Waals surface area contributed by atoms with E-state index >= 15 is 0 Å². The fourth-order valence-electron chi connectivity index (χ4n) is 3.18. The molecule has 1 N–H and O–H groups in total. The minimum Gasteiger partial charge on any atom is -0.467 e. The molecule has 154 valence electrons. The Labute approximate surface area is 186 Å². The molecule has 1 aromatic carbocycles. The average Bonchev–Trinajstić information content (AvgIpc) is 3.30. The number of benzene rings is 1. The van der Waals surface area contributed by atoms with Crippen molar-refractivity contribution in [2.45, 2.75) is 17.5 Å². The molecule has 5 rings (SSSR count). The summed E-state index contributed by atoms with van der Waals surface area (Å²) in [6.07, 6.45) is 3.20. The van der Waals surface area contributed by atoms with Crippen LogP contribution in [0.15, 0.2) is 81.4 Å². The van der Waals surface area contributed by atoms with Gasteiger partial charge in [-0.1, -0.05) is 35.5 Å². The third kappa shape index (κ3) is 4.26. The third-order valence-electron chi connectivity index (χ3n) is 4.62. The fourth-order valence-corrected chi connectivity index (χ4v) is 4.08. The Morgan fingerprint density at radius 2 is 1.97 bits per heavy atom. The van der Waals surface area contributed by atoms with Crippen LogP contribution < -0.4 is 10.9 Å². The summed E-state index contributed by atoms with van der Waals surface area (Å²) in [6, 6.07) is 16.5. The van der Waals surface area contributed by atoms with Gasteiger partial charge in [0.2, 0.25) is 0 Å². The molecule has 0 saturated carbocycles. The van der Waals surface area contributed by atoms with Crippen LogP contribution in [0.5, 0.6) is 0 Å². The molecule has 0 spiro atoms. The SMILES string of the molecule is O=c1cc(CSc2nc(NCc3ccco3)c3ccccc3n2)nc2ccc(Cl)cn12. The number of pyridine rings is 1. The van der Waals surface area contributed by atoms with E-state index in [1.165, 1.54) is 22.2 Å². The van der Waals surface area contributed by atoms with E-state index in [4.69, 9.17) is 16.0 Å². The van der Waals surface area contributed by atoms with Crippen LogP contribution in [0, 0.1) is 0 Å². The van der Waals surface area contributed by atoms with Crippen molar-refractivity contribution in [3.8, 4) is 0 Å². The van der Waals surface area contributed by atoms with E-state index in [2.05, 4.69) is 20.3 Å². The second-order valence-electron chi connectivity index (χ2n) is 6.75. The van der Waals surface area contributed by atoms with Crippen LogP contribution in [0.25, 0.3) is 16.6 Å². The lowest BCUT2D eigenvalue weighted by Gasteiger charge is -2.10. The van der Waals surface area contributed by atoms with E-state index in [0.29, 0.717) is 33.8 Å². The Morgan fingerprint density at radius 1 is 1.06 bits per heavy atom. The number of hydrogen-bond acceptors (Lipinski definition) is 7. The van der Waals surface area contributed by atoms with Crippen molar-refractivity contribution in [3.63, 3.8) is 0 Å². The van der Waals surface area contributed by atoms with Crippen LogP contribution in [0.1, 0.15) is 11.5 Å². The molecule has 0 fully saturated rings. The molecular weight excluding hydrogens is 434 g/mol. The molecule has 9 heteroatoms. The van der Waals surface area contributed by atoms with Crippen molar-refractivity contribution in [3.05, 3.63) is 93.9 Å². The molecule has 0 bridgehead atoms. The van der Waals surface area contributed by atoms with Crippen LogP contribution in [0.4, 0.5) is 5.82 Å². The zero-order chi connectivity index (χ0) is 21.2. The zero-order valence-corrected chi connectivity index (χ0v) is 17.7. The number of rotatable bonds is 6. The van der Waals surface area contributed by atoms with E-state index in [1.54, 1.807) is 24.6 Å². The van der Waals surface area contributed by atoms with Crippen molar-refractivity contribution in [1.82, 2.24) is 19.4 Å². The molecule has 5 aromatic rings. The number of thioether (sulfide) groups is 1. The van der Waals surface area contributed by atoms with E-state index in [9.17, 15) is 4.79 Å². The molecule has 0 unspecified atom stereocenters. The number of fused-ring (bicyclic) bond motifs is 2. The number of hydrogen-bond donors (Lipinski definition) is 1. The smallest absolute Gasteiger partial charge is 0.258 e. The first-order valence-electron chi connectivity index (χ1n) is 9.49. The Bertz CT molecular complexity index is 1440. The molecular formula is C22H16ClN5O2S. The summed E-state index contributed by atoms with van der Waals surface area (Å²) in [5.41, 5.74) is 1.86. The standard InChI is InChI=1S/C22H16ClN5O2S/c23-14-7-8-19-25-15(10-20(29)28(19)12-14)13-31-22-26-18-6-2-1-5-17(18)21(27-22)24-11-16-4-3-9-30-16/h1-10,12H,11,13H2,(H,24,26,27). The van der Waals surface area contributed by atoms with Gasteiger partial charge in [0.05, 0.1) is 29.0 Å². The fraction of sp³-hybridized carbons (Fsp3) is 0.0909. The number of nitrogens with one attached hydrogen (secondary N) is 1. The molecule has 0 aliphatic carbocycles. The normalized spacial score (nSPS) is 11.3. The van der Waals surface area contributed by atoms with Crippen LogP contribution in [-0.4, -0.2) is 19.4 Å². The molecule has 0 radical (unpaired) electrons. The van der Waals surface area contributed by atoms with Gasteiger partial charge in [-0.15, -0.1) is 0 Å². The minimum atomic E-state index is -0.177. The number of halogens is 1. The highest BCUT2D eigenvalue weighted by atomic mass is 35.5. The topological polar surface area (TPSA) is 85.3 Å². The van der Waals surface area contributed by atoms with Crippen LogP contribution in [0.3, 0.4) is 0 Å². The highest BCUT2D eigenvalue weighted by Gasteiger charge is 2.10. The molecule has 0 atom stereocenters. The molecule has 0 aliphatic rings. The molecule has 0 aliphatic heterocycles. The highest BCUT2D eigenvalue weighted by Crippen LogP contribution is 2.26. The van der Waals surface area contributed by atoms with Gasteiger partial charge in [0.1, 0.15) is 17.2 Å².